The summed E-state index contributed by atoms with van der Waals surface area (Å²) in [5.41, 5.74) is 0.848. The van der Waals surface area contributed by atoms with Gasteiger partial charge in [0, 0.05) is 55.3 Å². The van der Waals surface area contributed by atoms with Crippen molar-refractivity contribution in [1.82, 2.24) is 0 Å². The SMILES string of the molecule is [2H]C([2H])([2H])C([2H])([2H])C([2H])([2H])C([2H])([2H])C([2H])([2H])C([2H])([2H])C([2H])([2H])C([2H])([2H])C([2H])([2H])C([2H])([2H])C([2H])([2H])C([2H])([2H])C([2H])([2H])C([2H])([2H])C([2H])([2H])C(=O)O[C@H]1CC[C@@]2(C)C(=CC[C@H]3[C@@H]4CC[C@H]([C@H](C)CCCC(C)C)[C@@]4(C)CC[C@@H]32)C1. The van der Waals surface area contributed by atoms with Gasteiger partial charge in [-0.15, -0.1) is 0 Å². The molecule has 0 aromatic heterocycles. The van der Waals surface area contributed by atoms with E-state index in [1.165, 1.54) is 25.7 Å². The van der Waals surface area contributed by atoms with Gasteiger partial charge in [-0.3, -0.25) is 4.79 Å². The smallest absolute Gasteiger partial charge is 0.306 e. The second kappa shape index (κ2) is 18.1. The molecule has 2 heteroatoms. The molecule has 0 radical (unpaired) electrons. The van der Waals surface area contributed by atoms with Crippen LogP contribution in [0.2, 0.25) is 0 Å². The van der Waals surface area contributed by atoms with Gasteiger partial charge in [-0.05, 0) is 97.7 Å². The normalized spacial score (nSPS) is 48.3. The topological polar surface area (TPSA) is 26.3 Å². The molecule has 4 aliphatic rings. The van der Waals surface area contributed by atoms with Crippen LogP contribution < -0.4 is 0 Å². The summed E-state index contributed by atoms with van der Waals surface area (Å²) in [4.78, 5) is 13.8. The summed E-state index contributed by atoms with van der Waals surface area (Å²) in [5.74, 6) is 1.06. The molecule has 8 atom stereocenters. The Morgan fingerprint density at radius 2 is 1.53 bits per heavy atom. The largest absolute Gasteiger partial charge is 0.462 e. The first-order valence-corrected chi connectivity index (χ1v) is 16.8. The zero-order chi connectivity index (χ0) is 59.9. The number of hydrogen-bond donors (Lipinski definition) is 0. The predicted octanol–water partition coefficient (Wildman–Crippen LogP) is 13.4. The second-order valence-corrected chi connectivity index (χ2v) is 14.3. The van der Waals surface area contributed by atoms with Crippen molar-refractivity contribution in [3.05, 3.63) is 11.6 Å². The minimum atomic E-state index is -5.13. The van der Waals surface area contributed by atoms with Crippen LogP contribution in [-0.4, -0.2) is 12.1 Å². The van der Waals surface area contributed by atoms with E-state index in [9.17, 15) is 4.79 Å². The van der Waals surface area contributed by atoms with Crippen LogP contribution in [0.5, 0.6) is 0 Å². The molecular formula is C43H76O2. The first-order chi connectivity index (χ1) is 33.4. The molecule has 0 spiro atoms. The van der Waals surface area contributed by atoms with Crippen LogP contribution in [0.15, 0.2) is 11.6 Å². The Morgan fingerprint density at radius 1 is 0.867 bits per heavy atom. The van der Waals surface area contributed by atoms with E-state index in [1.54, 1.807) is 0 Å². The maximum Gasteiger partial charge on any atom is 0.306 e. The molecule has 0 aliphatic heterocycles. The quantitative estimate of drug-likeness (QED) is 0.0963. The highest BCUT2D eigenvalue weighted by Crippen LogP contribution is 2.67. The molecule has 3 fully saturated rings. The zero-order valence-electron chi connectivity index (χ0n) is 58.7. The first-order valence-electron chi connectivity index (χ1n) is 32.3. The maximum absolute atomic E-state index is 13.8. The van der Waals surface area contributed by atoms with Crippen molar-refractivity contribution in [2.24, 2.45) is 46.3 Å². The highest BCUT2D eigenvalue weighted by atomic mass is 16.5. The molecule has 0 bridgehead atoms. The Morgan fingerprint density at radius 3 is 2.20 bits per heavy atom. The van der Waals surface area contributed by atoms with Crippen molar-refractivity contribution >= 4 is 5.97 Å². The standard InChI is InChI=1S/C43H76O2/c1-7-8-9-10-11-12-13-14-15-16-17-18-19-23-41(44)45-36-28-30-42(5)35(32-36)24-25-37-39-27-26-38(34(4)22-20-21-33(2)3)43(39,6)31-29-40(37)42/h24,33-34,36-40H,7-23,25-32H2,1-6H3/t34-,36+,37+,38-,39+,40+,42+,43-/m1/s1/i1D3,7D2,8D2,9D2,10D2,11D2,12D2,13D2,14D2,15D2,16D2,17D2,18D2,19D2,23D2. The highest BCUT2D eigenvalue weighted by Gasteiger charge is 2.59. The van der Waals surface area contributed by atoms with Crippen molar-refractivity contribution in [2.45, 2.75) is 207 Å². The van der Waals surface area contributed by atoms with Crippen LogP contribution in [0.25, 0.3) is 0 Å². The van der Waals surface area contributed by atoms with Crippen LogP contribution in [0.1, 0.15) is 244 Å². The van der Waals surface area contributed by atoms with Gasteiger partial charge in [0.25, 0.3) is 0 Å². The van der Waals surface area contributed by atoms with E-state index in [-0.39, 0.29) is 23.7 Å². The molecule has 45 heavy (non-hydrogen) atoms. The number of rotatable bonds is 20. The van der Waals surface area contributed by atoms with Crippen molar-refractivity contribution in [3.8, 4) is 0 Å². The minimum Gasteiger partial charge on any atom is -0.462 e. The van der Waals surface area contributed by atoms with Gasteiger partial charge >= 0.3 is 5.97 Å². The Kier molecular flexibility index (Phi) is 5.43. The van der Waals surface area contributed by atoms with Crippen molar-refractivity contribution in [1.29, 1.82) is 0 Å². The van der Waals surface area contributed by atoms with E-state index in [2.05, 4.69) is 40.7 Å². The lowest BCUT2D eigenvalue weighted by Crippen LogP contribution is -2.51. The van der Waals surface area contributed by atoms with Crippen LogP contribution in [0.3, 0.4) is 0 Å². The van der Waals surface area contributed by atoms with Gasteiger partial charge < -0.3 is 4.74 Å². The monoisotopic (exact) mass is 656 g/mol. The maximum atomic E-state index is 13.8. The molecule has 0 aromatic rings. The summed E-state index contributed by atoms with van der Waals surface area (Å²) >= 11 is 0. The lowest BCUT2D eigenvalue weighted by molar-refractivity contribution is -0.151. The van der Waals surface area contributed by atoms with E-state index in [1.807, 2.05) is 0 Å². The molecule has 0 aromatic carbocycles. The van der Waals surface area contributed by atoms with Crippen molar-refractivity contribution < 1.29 is 52.0 Å². The Labute approximate surface area is 324 Å². The fourth-order valence-electron chi connectivity index (χ4n) is 9.36. The third-order valence-electron chi connectivity index (χ3n) is 11.4. The summed E-state index contributed by atoms with van der Waals surface area (Å²) in [6.07, 6.45) is -57.5. The number of ether oxygens (including phenoxy) is 1. The highest BCUT2D eigenvalue weighted by molar-refractivity contribution is 5.69. The molecule has 0 unspecified atom stereocenters. The average Bonchev–Trinajstić information content (AvgIpc) is 3.62. The predicted molar refractivity (Wildman–Crippen MR) is 193 cm³/mol. The summed E-state index contributed by atoms with van der Waals surface area (Å²) < 4.78 is 262. The molecule has 3 saturated carbocycles. The van der Waals surface area contributed by atoms with Crippen LogP contribution in [-0.2, 0) is 9.53 Å². The van der Waals surface area contributed by atoms with Gasteiger partial charge in [0.1, 0.15) is 6.10 Å². The van der Waals surface area contributed by atoms with E-state index in [0.29, 0.717) is 41.9 Å². The average molecular weight is 656 g/mol. The molecule has 0 saturated heterocycles. The van der Waals surface area contributed by atoms with E-state index in [0.717, 1.165) is 31.3 Å². The first kappa shape index (κ1) is 13.5. The summed E-state index contributed by atoms with van der Waals surface area (Å²) in [6, 6.07) is 0. The van der Waals surface area contributed by atoms with Gasteiger partial charge in [-0.1, -0.05) is 149 Å². The third kappa shape index (κ3) is 9.87. The van der Waals surface area contributed by atoms with Crippen molar-refractivity contribution in [3.63, 3.8) is 0 Å². The Balaban J connectivity index is 1.60. The fourth-order valence-corrected chi connectivity index (χ4v) is 9.36. The lowest BCUT2D eigenvalue weighted by Gasteiger charge is -2.58. The number of fused-ring (bicyclic) bond motifs is 5. The Bertz CT molecular complexity index is 2160. The van der Waals surface area contributed by atoms with Gasteiger partial charge in [-0.2, -0.15) is 0 Å². The summed E-state index contributed by atoms with van der Waals surface area (Å²) in [7, 11) is 0. The number of carbonyl (C=O) groups excluding carboxylic acids is 1. The fraction of sp³-hybridized carbons (Fsp3) is 0.930. The molecule has 0 heterocycles. The Hall–Kier alpha value is -0.790. The minimum absolute atomic E-state index is 0.109. The van der Waals surface area contributed by atoms with Crippen LogP contribution >= 0.6 is 0 Å². The van der Waals surface area contributed by atoms with E-state index >= 15 is 0 Å². The van der Waals surface area contributed by atoms with E-state index in [4.69, 9.17) is 47.2 Å². The molecule has 4 aliphatic carbocycles. The number of esters is 1. The number of allylic oxidation sites excluding steroid dienone is 1. The van der Waals surface area contributed by atoms with E-state index < -0.39 is 108 Å². The molecule has 0 amide bonds. The second-order valence-electron chi connectivity index (χ2n) is 14.3. The molecule has 260 valence electrons. The molecule has 2 nitrogen and oxygen atoms in total. The van der Waals surface area contributed by atoms with Crippen LogP contribution in [0, 0.1) is 46.3 Å². The van der Waals surface area contributed by atoms with Gasteiger partial charge in [0.2, 0.25) is 0 Å². The van der Waals surface area contributed by atoms with Crippen molar-refractivity contribution in [2.75, 3.05) is 0 Å². The summed E-state index contributed by atoms with van der Waals surface area (Å²) in [5, 5.41) is 0. The molecule has 4 rings (SSSR count). The van der Waals surface area contributed by atoms with Gasteiger partial charge in [0.15, 0.2) is 0 Å². The summed E-state index contributed by atoms with van der Waals surface area (Å²) in [6.45, 7) is 7.37. The van der Waals surface area contributed by atoms with Gasteiger partial charge in [-0.25, -0.2) is 0 Å². The third-order valence-corrected chi connectivity index (χ3v) is 11.4. The lowest BCUT2D eigenvalue weighted by atomic mass is 9.47. The zero-order valence-corrected chi connectivity index (χ0v) is 27.7. The number of hydrogen-bond acceptors (Lipinski definition) is 2. The molecular weight excluding hydrogens is 548 g/mol. The van der Waals surface area contributed by atoms with Crippen LogP contribution in [0.4, 0.5) is 0 Å². The molecule has 0 N–H and O–H groups in total. The van der Waals surface area contributed by atoms with Gasteiger partial charge in [0.05, 0.1) is 0 Å². The number of carbonyl (C=O) groups is 1.